The van der Waals surface area contributed by atoms with Gasteiger partial charge in [0.25, 0.3) is 5.69 Å². The summed E-state index contributed by atoms with van der Waals surface area (Å²) < 4.78 is 22.7. The van der Waals surface area contributed by atoms with Crippen LogP contribution in [-0.2, 0) is 14.2 Å². The quantitative estimate of drug-likeness (QED) is 0.464. The minimum absolute atomic E-state index is 0.0403. The predicted molar refractivity (Wildman–Crippen MR) is 65.4 cm³/mol. The molecule has 1 aromatic carbocycles. The van der Waals surface area contributed by atoms with E-state index in [1.54, 1.807) is 6.07 Å². The van der Waals surface area contributed by atoms with Gasteiger partial charge < -0.3 is 18.9 Å². The van der Waals surface area contributed by atoms with Crippen LogP contribution in [0.4, 0.5) is 5.69 Å². The molecule has 0 aromatic heterocycles. The molecule has 7 heteroatoms. The van der Waals surface area contributed by atoms with Gasteiger partial charge in [0.1, 0.15) is 18.0 Å². The predicted octanol–water partition coefficient (Wildman–Crippen LogP) is 1.56. The number of ether oxygens (including phenoxy) is 4. The van der Waals surface area contributed by atoms with Crippen LogP contribution in [0.5, 0.6) is 5.75 Å². The molecule has 0 N–H and O–H groups in total. The van der Waals surface area contributed by atoms with Gasteiger partial charge in [-0.25, -0.2) is 0 Å². The van der Waals surface area contributed by atoms with Crippen molar-refractivity contribution in [1.29, 1.82) is 0 Å². The van der Waals surface area contributed by atoms with Crippen LogP contribution in [0, 0.1) is 10.1 Å². The molecule has 106 valence electrons. The normalized spacial score (nSPS) is 35.0. The fourth-order valence-electron chi connectivity index (χ4n) is 2.92. The third-order valence-electron chi connectivity index (χ3n) is 3.99. The van der Waals surface area contributed by atoms with Crippen LogP contribution in [0.2, 0.25) is 0 Å². The van der Waals surface area contributed by atoms with E-state index in [0.29, 0.717) is 19.0 Å². The SMILES string of the molecule is C[C@]1(C2OCCO2)Oc2ccc([N+](=O)[O-])cc2[C@H]2O[C@H]21. The van der Waals surface area contributed by atoms with E-state index < -0.39 is 16.8 Å². The highest BCUT2D eigenvalue weighted by molar-refractivity contribution is 5.49. The van der Waals surface area contributed by atoms with Crippen LogP contribution in [0.25, 0.3) is 0 Å². The zero-order valence-corrected chi connectivity index (χ0v) is 10.8. The number of hydrogen-bond donors (Lipinski definition) is 0. The van der Waals surface area contributed by atoms with Crippen molar-refractivity contribution in [3.8, 4) is 5.75 Å². The van der Waals surface area contributed by atoms with Crippen LogP contribution in [0.1, 0.15) is 18.6 Å². The van der Waals surface area contributed by atoms with Gasteiger partial charge in [0, 0.05) is 17.7 Å². The van der Waals surface area contributed by atoms with Crippen molar-refractivity contribution in [2.75, 3.05) is 13.2 Å². The summed E-state index contributed by atoms with van der Waals surface area (Å²) in [7, 11) is 0. The summed E-state index contributed by atoms with van der Waals surface area (Å²) in [6.07, 6.45) is -0.850. The van der Waals surface area contributed by atoms with E-state index in [0.717, 1.165) is 5.56 Å². The summed E-state index contributed by atoms with van der Waals surface area (Å²) in [6.45, 7) is 2.96. The minimum atomic E-state index is -0.718. The molecular formula is C13H13NO6. The van der Waals surface area contributed by atoms with E-state index >= 15 is 0 Å². The molecule has 2 fully saturated rings. The van der Waals surface area contributed by atoms with Crippen molar-refractivity contribution in [3.05, 3.63) is 33.9 Å². The van der Waals surface area contributed by atoms with Gasteiger partial charge in [-0.1, -0.05) is 0 Å². The third kappa shape index (κ3) is 1.57. The topological polar surface area (TPSA) is 83.4 Å². The Labute approximate surface area is 114 Å². The zero-order chi connectivity index (χ0) is 13.9. The van der Waals surface area contributed by atoms with Gasteiger partial charge in [0.05, 0.1) is 18.1 Å². The second-order valence-electron chi connectivity index (χ2n) is 5.32. The first-order valence-electron chi connectivity index (χ1n) is 6.45. The van der Waals surface area contributed by atoms with E-state index in [-0.39, 0.29) is 17.9 Å². The second-order valence-corrected chi connectivity index (χ2v) is 5.32. The summed E-state index contributed by atoms with van der Waals surface area (Å²) in [4.78, 5) is 10.4. The maximum atomic E-state index is 10.8. The molecule has 0 unspecified atom stereocenters. The van der Waals surface area contributed by atoms with Crippen molar-refractivity contribution in [2.24, 2.45) is 0 Å². The Morgan fingerprint density at radius 1 is 1.35 bits per heavy atom. The molecule has 0 spiro atoms. The largest absolute Gasteiger partial charge is 0.479 e. The lowest BCUT2D eigenvalue weighted by Crippen LogP contribution is -2.52. The molecule has 3 heterocycles. The van der Waals surface area contributed by atoms with E-state index in [4.69, 9.17) is 18.9 Å². The highest BCUT2D eigenvalue weighted by atomic mass is 16.7. The molecule has 20 heavy (non-hydrogen) atoms. The van der Waals surface area contributed by atoms with Gasteiger partial charge in [-0.05, 0) is 13.0 Å². The van der Waals surface area contributed by atoms with E-state index in [1.165, 1.54) is 12.1 Å². The number of rotatable bonds is 2. The van der Waals surface area contributed by atoms with Crippen molar-refractivity contribution >= 4 is 5.69 Å². The van der Waals surface area contributed by atoms with Gasteiger partial charge in [-0.3, -0.25) is 10.1 Å². The lowest BCUT2D eigenvalue weighted by Gasteiger charge is -2.36. The average Bonchev–Trinajstić information content (AvgIpc) is 3.06. The van der Waals surface area contributed by atoms with Gasteiger partial charge in [-0.2, -0.15) is 0 Å². The molecule has 3 aliphatic heterocycles. The Morgan fingerprint density at radius 2 is 2.10 bits per heavy atom. The number of hydrogen-bond acceptors (Lipinski definition) is 6. The molecule has 3 aliphatic rings. The molecule has 0 amide bonds. The second kappa shape index (κ2) is 3.91. The summed E-state index contributed by atoms with van der Waals surface area (Å²) >= 11 is 0. The fraction of sp³-hybridized carbons (Fsp3) is 0.538. The average molecular weight is 279 g/mol. The van der Waals surface area contributed by atoms with Crippen molar-refractivity contribution in [1.82, 2.24) is 0 Å². The first kappa shape index (κ1) is 12.1. The molecule has 4 rings (SSSR count). The molecule has 0 radical (unpaired) electrons. The molecular weight excluding hydrogens is 266 g/mol. The lowest BCUT2D eigenvalue weighted by atomic mass is 9.91. The number of nitro benzene ring substituents is 1. The van der Waals surface area contributed by atoms with Crippen LogP contribution < -0.4 is 4.74 Å². The summed E-state index contributed by atoms with van der Waals surface area (Å²) in [5.74, 6) is 0.593. The van der Waals surface area contributed by atoms with Gasteiger partial charge in [-0.15, -0.1) is 0 Å². The van der Waals surface area contributed by atoms with Gasteiger partial charge >= 0.3 is 0 Å². The highest BCUT2D eigenvalue weighted by Gasteiger charge is 2.64. The maximum absolute atomic E-state index is 10.8. The number of fused-ring (bicyclic) bond motifs is 3. The number of nitro groups is 1. The summed E-state index contributed by atoms with van der Waals surface area (Å²) in [5.41, 5.74) is 0.0443. The Kier molecular flexibility index (Phi) is 2.36. The third-order valence-corrected chi connectivity index (χ3v) is 3.99. The molecule has 0 bridgehead atoms. The smallest absolute Gasteiger partial charge is 0.270 e. The first-order chi connectivity index (χ1) is 9.59. The van der Waals surface area contributed by atoms with E-state index in [9.17, 15) is 10.1 Å². The van der Waals surface area contributed by atoms with E-state index in [2.05, 4.69) is 0 Å². The van der Waals surface area contributed by atoms with Crippen LogP contribution in [0.15, 0.2) is 18.2 Å². The van der Waals surface area contributed by atoms with Crippen LogP contribution >= 0.6 is 0 Å². The molecule has 3 atom stereocenters. The standard InChI is InChI=1S/C13H13NO6/c1-13(12-17-4-5-18-12)11-10(19-11)8-6-7(14(15)16)2-3-9(8)20-13/h2-3,6,10-12H,4-5H2,1H3/t10-,11-,13+/m1/s1. The van der Waals surface area contributed by atoms with E-state index in [1.807, 2.05) is 6.92 Å². The summed E-state index contributed by atoms with van der Waals surface area (Å²) in [5, 5.41) is 10.8. The summed E-state index contributed by atoms with van der Waals surface area (Å²) in [6, 6.07) is 4.55. The molecule has 1 aromatic rings. The van der Waals surface area contributed by atoms with Crippen LogP contribution in [-0.4, -0.2) is 36.1 Å². The number of benzene rings is 1. The lowest BCUT2D eigenvalue weighted by molar-refractivity contribution is -0.385. The van der Waals surface area contributed by atoms with Gasteiger partial charge in [0.2, 0.25) is 0 Å². The number of nitrogens with zero attached hydrogens (tertiary/aromatic N) is 1. The fourth-order valence-corrected chi connectivity index (χ4v) is 2.92. The maximum Gasteiger partial charge on any atom is 0.270 e. The Hall–Kier alpha value is -1.70. The molecule has 2 saturated heterocycles. The van der Waals surface area contributed by atoms with Crippen molar-refractivity contribution in [3.63, 3.8) is 0 Å². The molecule has 0 aliphatic carbocycles. The number of non-ortho nitro benzene ring substituents is 1. The minimum Gasteiger partial charge on any atom is -0.479 e. The zero-order valence-electron chi connectivity index (χ0n) is 10.8. The Morgan fingerprint density at radius 3 is 2.80 bits per heavy atom. The number of epoxide rings is 1. The van der Waals surface area contributed by atoms with Crippen LogP contribution in [0.3, 0.4) is 0 Å². The monoisotopic (exact) mass is 279 g/mol. The van der Waals surface area contributed by atoms with Crippen molar-refractivity contribution in [2.45, 2.75) is 31.0 Å². The van der Waals surface area contributed by atoms with Gasteiger partial charge in [0.15, 0.2) is 11.9 Å². The first-order valence-corrected chi connectivity index (χ1v) is 6.45. The molecule has 0 saturated carbocycles. The van der Waals surface area contributed by atoms with Crippen molar-refractivity contribution < 1.29 is 23.9 Å². The molecule has 7 nitrogen and oxygen atoms in total. The highest BCUT2D eigenvalue weighted by Crippen LogP contribution is 2.56. The Balaban J connectivity index is 1.70. The Bertz CT molecular complexity index is 584.